The van der Waals surface area contributed by atoms with E-state index >= 15 is 0 Å². The topological polar surface area (TPSA) is 56.7 Å². The fourth-order valence-electron chi connectivity index (χ4n) is 0.770. The van der Waals surface area contributed by atoms with E-state index < -0.39 is 0 Å². The van der Waals surface area contributed by atoms with E-state index in [9.17, 15) is 0 Å². The minimum absolute atomic E-state index is 0. The van der Waals surface area contributed by atoms with Crippen molar-refractivity contribution >= 4 is 18.2 Å². The third kappa shape index (κ3) is 1.21. The van der Waals surface area contributed by atoms with Gasteiger partial charge in [0, 0.05) is 0 Å². The maximum absolute atomic E-state index is 5.35. The van der Waals surface area contributed by atoms with Gasteiger partial charge < -0.3 is 5.73 Å². The van der Waals surface area contributed by atoms with E-state index in [4.69, 9.17) is 5.73 Å². The van der Waals surface area contributed by atoms with E-state index in [1.807, 2.05) is 0 Å². The Balaban J connectivity index is 0.000000500. The molecule has 56 valence electrons. The summed E-state index contributed by atoms with van der Waals surface area (Å²) < 4.78 is 0. The van der Waals surface area contributed by atoms with Crippen molar-refractivity contribution in [1.82, 2.24) is 15.0 Å². The Kier molecular flexibility index (Phi) is 1.80. The van der Waals surface area contributed by atoms with E-state index in [1.54, 1.807) is 11.0 Å². The van der Waals surface area contributed by atoms with Gasteiger partial charge in [0.25, 0.3) is 0 Å². The molecule has 0 spiro atoms. The van der Waals surface area contributed by atoms with Crippen molar-refractivity contribution < 1.29 is 0 Å². The zero-order valence-corrected chi connectivity index (χ0v) is 6.21. The Bertz CT molecular complexity index is 217. The normalized spacial score (nSPS) is 16.4. The highest BCUT2D eigenvalue weighted by Crippen LogP contribution is 2.33. The standard InChI is InChI=1S/C5H8N4.ClH/c6-5-3-7-9(8-5)4-1-2-4;/h3-4H,1-2H2,(H2,6,8);1H. The summed E-state index contributed by atoms with van der Waals surface area (Å²) >= 11 is 0. The fraction of sp³-hybridized carbons (Fsp3) is 0.600. The van der Waals surface area contributed by atoms with E-state index in [0.29, 0.717) is 11.9 Å². The molecule has 0 aliphatic heterocycles. The summed E-state index contributed by atoms with van der Waals surface area (Å²) in [5.74, 6) is 0.516. The second-order valence-electron chi connectivity index (χ2n) is 2.32. The molecule has 0 saturated heterocycles. The van der Waals surface area contributed by atoms with E-state index in [0.717, 1.165) is 0 Å². The molecule has 1 fully saturated rings. The minimum atomic E-state index is 0. The quantitative estimate of drug-likeness (QED) is 0.655. The number of aromatic nitrogens is 3. The molecular formula is C5H9ClN4. The van der Waals surface area contributed by atoms with Crippen molar-refractivity contribution in [3.05, 3.63) is 6.20 Å². The first-order chi connectivity index (χ1) is 4.36. The first-order valence-electron chi connectivity index (χ1n) is 3.03. The maximum Gasteiger partial charge on any atom is 0.165 e. The molecule has 2 rings (SSSR count). The highest BCUT2D eigenvalue weighted by atomic mass is 35.5. The average Bonchev–Trinajstić information content (AvgIpc) is 2.58. The monoisotopic (exact) mass is 160 g/mol. The third-order valence-corrected chi connectivity index (χ3v) is 1.40. The van der Waals surface area contributed by atoms with E-state index in [2.05, 4.69) is 10.2 Å². The van der Waals surface area contributed by atoms with E-state index in [-0.39, 0.29) is 12.4 Å². The average molecular weight is 161 g/mol. The van der Waals surface area contributed by atoms with Gasteiger partial charge in [-0.05, 0) is 12.8 Å². The number of anilines is 1. The second-order valence-corrected chi connectivity index (χ2v) is 2.32. The lowest BCUT2D eigenvalue weighted by Crippen LogP contribution is -1.98. The molecule has 4 nitrogen and oxygen atoms in total. The molecule has 0 radical (unpaired) electrons. The van der Waals surface area contributed by atoms with Crippen LogP contribution in [0.15, 0.2) is 6.20 Å². The van der Waals surface area contributed by atoms with Crippen LogP contribution in [0.4, 0.5) is 5.82 Å². The molecule has 1 heterocycles. The number of rotatable bonds is 1. The van der Waals surface area contributed by atoms with Crippen LogP contribution in [-0.2, 0) is 0 Å². The smallest absolute Gasteiger partial charge is 0.165 e. The number of nitrogens with two attached hydrogens (primary N) is 1. The molecule has 0 aromatic carbocycles. The zero-order chi connectivity index (χ0) is 6.27. The minimum Gasteiger partial charge on any atom is -0.381 e. The molecule has 0 bridgehead atoms. The first-order valence-corrected chi connectivity index (χ1v) is 3.03. The number of nitrogens with zero attached hydrogens (tertiary/aromatic N) is 3. The SMILES string of the molecule is Cl.Nc1cnn(C2CC2)n1. The fourth-order valence-corrected chi connectivity index (χ4v) is 0.770. The van der Waals surface area contributed by atoms with Crippen molar-refractivity contribution in [1.29, 1.82) is 0 Å². The van der Waals surface area contributed by atoms with Gasteiger partial charge in [0.2, 0.25) is 0 Å². The Labute approximate surface area is 64.8 Å². The van der Waals surface area contributed by atoms with Crippen molar-refractivity contribution in [2.75, 3.05) is 5.73 Å². The largest absolute Gasteiger partial charge is 0.381 e. The summed E-state index contributed by atoms with van der Waals surface area (Å²) in [6.07, 6.45) is 3.99. The van der Waals surface area contributed by atoms with Gasteiger partial charge in [-0.25, -0.2) is 0 Å². The van der Waals surface area contributed by atoms with Gasteiger partial charge in [0.1, 0.15) is 0 Å². The van der Waals surface area contributed by atoms with Crippen molar-refractivity contribution in [2.45, 2.75) is 18.9 Å². The van der Waals surface area contributed by atoms with Crippen LogP contribution in [0, 0.1) is 0 Å². The lowest BCUT2D eigenvalue weighted by atomic mass is 10.8. The van der Waals surface area contributed by atoms with Crippen molar-refractivity contribution in [2.24, 2.45) is 0 Å². The van der Waals surface area contributed by atoms with E-state index in [1.165, 1.54) is 12.8 Å². The van der Waals surface area contributed by atoms with Crippen LogP contribution in [0.2, 0.25) is 0 Å². The number of hydrogen-bond donors (Lipinski definition) is 1. The molecule has 1 aliphatic carbocycles. The summed E-state index contributed by atoms with van der Waals surface area (Å²) in [6, 6.07) is 0.544. The van der Waals surface area contributed by atoms with Gasteiger partial charge in [-0.3, -0.25) is 0 Å². The Hall–Kier alpha value is -0.770. The summed E-state index contributed by atoms with van der Waals surface area (Å²) in [4.78, 5) is 1.69. The molecule has 1 aromatic heterocycles. The molecular weight excluding hydrogens is 152 g/mol. The van der Waals surface area contributed by atoms with Crippen LogP contribution >= 0.6 is 12.4 Å². The van der Waals surface area contributed by atoms with Gasteiger partial charge in [0.05, 0.1) is 12.2 Å². The molecule has 1 saturated carbocycles. The summed E-state index contributed by atoms with van der Waals surface area (Å²) in [6.45, 7) is 0. The lowest BCUT2D eigenvalue weighted by molar-refractivity contribution is 0.555. The van der Waals surface area contributed by atoms with Gasteiger partial charge in [0.15, 0.2) is 5.82 Å². The Morgan fingerprint density at radius 3 is 2.70 bits per heavy atom. The molecule has 0 amide bonds. The third-order valence-electron chi connectivity index (χ3n) is 1.40. The molecule has 1 aromatic rings. The number of halogens is 1. The van der Waals surface area contributed by atoms with Crippen molar-refractivity contribution in [3.63, 3.8) is 0 Å². The summed E-state index contributed by atoms with van der Waals surface area (Å²) in [5.41, 5.74) is 5.35. The second kappa shape index (κ2) is 2.46. The molecule has 1 aliphatic rings. The predicted octanol–water partition coefficient (Wildman–Crippen LogP) is 0.617. The van der Waals surface area contributed by atoms with Crippen molar-refractivity contribution in [3.8, 4) is 0 Å². The molecule has 0 atom stereocenters. The van der Waals surface area contributed by atoms with Crippen LogP contribution in [0.25, 0.3) is 0 Å². The molecule has 5 heteroatoms. The van der Waals surface area contributed by atoms with Crippen LogP contribution in [0.1, 0.15) is 18.9 Å². The van der Waals surface area contributed by atoms with Gasteiger partial charge in [-0.1, -0.05) is 0 Å². The predicted molar refractivity (Wildman–Crippen MR) is 40.0 cm³/mol. The number of hydrogen-bond acceptors (Lipinski definition) is 3. The summed E-state index contributed by atoms with van der Waals surface area (Å²) in [5, 5.41) is 7.91. The highest BCUT2D eigenvalue weighted by Gasteiger charge is 2.25. The first kappa shape index (κ1) is 7.34. The lowest BCUT2D eigenvalue weighted by Gasteiger charge is -1.89. The number of nitrogen functional groups attached to an aromatic ring is 1. The summed E-state index contributed by atoms with van der Waals surface area (Å²) in [7, 11) is 0. The maximum atomic E-state index is 5.35. The zero-order valence-electron chi connectivity index (χ0n) is 5.40. The Morgan fingerprint density at radius 1 is 1.60 bits per heavy atom. The van der Waals surface area contributed by atoms with Crippen LogP contribution in [0.5, 0.6) is 0 Å². The van der Waals surface area contributed by atoms with Gasteiger partial charge in [-0.15, -0.1) is 17.5 Å². The molecule has 0 unspecified atom stereocenters. The van der Waals surface area contributed by atoms with Gasteiger partial charge >= 0.3 is 0 Å². The molecule has 10 heavy (non-hydrogen) atoms. The van der Waals surface area contributed by atoms with Gasteiger partial charge in [-0.2, -0.15) is 9.90 Å². The van der Waals surface area contributed by atoms with Crippen LogP contribution < -0.4 is 5.73 Å². The molecule has 2 N–H and O–H groups in total. The van der Waals surface area contributed by atoms with Crippen LogP contribution in [-0.4, -0.2) is 15.0 Å². The van der Waals surface area contributed by atoms with Crippen LogP contribution in [0.3, 0.4) is 0 Å². The Morgan fingerprint density at radius 2 is 2.30 bits per heavy atom. The highest BCUT2D eigenvalue weighted by molar-refractivity contribution is 5.85.